The molecular weight excluding hydrogens is 220 g/mol. The van der Waals surface area contributed by atoms with E-state index in [0.29, 0.717) is 13.0 Å². The van der Waals surface area contributed by atoms with Crippen molar-refractivity contribution in [3.8, 4) is 0 Å². The van der Waals surface area contributed by atoms with Crippen LogP contribution in [-0.2, 0) is 9.59 Å². The molecule has 1 rings (SSSR count). The molecule has 17 heavy (non-hydrogen) atoms. The lowest BCUT2D eigenvalue weighted by atomic mass is 9.87. The van der Waals surface area contributed by atoms with E-state index in [-0.39, 0.29) is 12.3 Å². The summed E-state index contributed by atoms with van der Waals surface area (Å²) in [4.78, 5) is 24.9. The third-order valence-electron chi connectivity index (χ3n) is 3.26. The standard InChI is InChI=1S/C12H22N2O3/c1-11(2,13)8-9(15)14-7-5-4-6-12(14,3)10(16)17/h4-8,13H2,1-3H3,(H,16,17). The highest BCUT2D eigenvalue weighted by Gasteiger charge is 2.44. The zero-order chi connectivity index (χ0) is 13.3. The molecule has 1 fully saturated rings. The van der Waals surface area contributed by atoms with Crippen molar-refractivity contribution >= 4 is 11.9 Å². The third-order valence-corrected chi connectivity index (χ3v) is 3.26. The maximum atomic E-state index is 12.1. The summed E-state index contributed by atoms with van der Waals surface area (Å²) < 4.78 is 0. The maximum absolute atomic E-state index is 12.1. The van der Waals surface area contributed by atoms with Crippen LogP contribution < -0.4 is 5.73 Å². The fourth-order valence-corrected chi connectivity index (χ4v) is 2.23. The van der Waals surface area contributed by atoms with Crippen molar-refractivity contribution in [2.24, 2.45) is 5.73 Å². The predicted octanol–water partition coefficient (Wildman–Crippen LogP) is 0.970. The third kappa shape index (κ3) is 3.19. The average Bonchev–Trinajstić information content (AvgIpc) is 2.15. The molecule has 1 amide bonds. The van der Waals surface area contributed by atoms with E-state index in [4.69, 9.17) is 5.73 Å². The summed E-state index contributed by atoms with van der Waals surface area (Å²) in [7, 11) is 0. The second-order valence-electron chi connectivity index (χ2n) is 5.75. The normalized spacial score (nSPS) is 25.8. The Bertz CT molecular complexity index is 322. The first-order valence-electron chi connectivity index (χ1n) is 5.99. The largest absolute Gasteiger partial charge is 0.480 e. The molecule has 1 heterocycles. The van der Waals surface area contributed by atoms with E-state index in [9.17, 15) is 14.7 Å². The van der Waals surface area contributed by atoms with E-state index in [1.807, 2.05) is 0 Å². The zero-order valence-corrected chi connectivity index (χ0v) is 10.8. The van der Waals surface area contributed by atoms with Crippen molar-refractivity contribution in [1.29, 1.82) is 0 Å². The molecule has 1 atom stereocenters. The van der Waals surface area contributed by atoms with Gasteiger partial charge in [-0.2, -0.15) is 0 Å². The SMILES string of the molecule is CC(C)(N)CC(=O)N1CCCCC1(C)C(=O)O. The molecule has 0 saturated carbocycles. The first-order chi connectivity index (χ1) is 7.67. The maximum Gasteiger partial charge on any atom is 0.329 e. The highest BCUT2D eigenvalue weighted by atomic mass is 16.4. The van der Waals surface area contributed by atoms with Crippen molar-refractivity contribution < 1.29 is 14.7 Å². The number of rotatable bonds is 3. The number of carbonyl (C=O) groups excluding carboxylic acids is 1. The minimum Gasteiger partial charge on any atom is -0.480 e. The monoisotopic (exact) mass is 242 g/mol. The van der Waals surface area contributed by atoms with Gasteiger partial charge >= 0.3 is 5.97 Å². The Hall–Kier alpha value is -1.10. The number of piperidine rings is 1. The number of carboxylic acids is 1. The van der Waals surface area contributed by atoms with Gasteiger partial charge in [0.15, 0.2) is 0 Å². The van der Waals surface area contributed by atoms with Crippen LogP contribution in [0.15, 0.2) is 0 Å². The van der Waals surface area contributed by atoms with Crippen LogP contribution in [0.5, 0.6) is 0 Å². The number of aliphatic carboxylic acids is 1. The molecule has 1 saturated heterocycles. The van der Waals surface area contributed by atoms with Gasteiger partial charge in [-0.3, -0.25) is 4.79 Å². The average molecular weight is 242 g/mol. The zero-order valence-electron chi connectivity index (χ0n) is 10.8. The molecule has 0 spiro atoms. The Balaban J connectivity index is 2.86. The molecule has 1 unspecified atom stereocenters. The van der Waals surface area contributed by atoms with Gasteiger partial charge < -0.3 is 15.7 Å². The van der Waals surface area contributed by atoms with Crippen molar-refractivity contribution in [3.05, 3.63) is 0 Å². The van der Waals surface area contributed by atoms with E-state index in [2.05, 4.69) is 0 Å². The summed E-state index contributed by atoms with van der Waals surface area (Å²) >= 11 is 0. The number of carbonyl (C=O) groups is 2. The highest BCUT2D eigenvalue weighted by molar-refractivity contribution is 5.87. The van der Waals surface area contributed by atoms with Crippen LogP contribution in [0.2, 0.25) is 0 Å². The van der Waals surface area contributed by atoms with E-state index in [1.54, 1.807) is 20.8 Å². The molecule has 0 aliphatic carbocycles. The number of likely N-dealkylation sites (tertiary alicyclic amines) is 1. The van der Waals surface area contributed by atoms with Gasteiger partial charge in [0.1, 0.15) is 5.54 Å². The molecule has 5 heteroatoms. The van der Waals surface area contributed by atoms with Gasteiger partial charge in [-0.1, -0.05) is 0 Å². The first kappa shape index (κ1) is 14.0. The lowest BCUT2D eigenvalue weighted by molar-refractivity contribution is -0.161. The summed E-state index contributed by atoms with van der Waals surface area (Å²) in [5, 5.41) is 9.29. The van der Waals surface area contributed by atoms with Gasteiger partial charge in [0.05, 0.1) is 0 Å². The fraction of sp³-hybridized carbons (Fsp3) is 0.833. The number of carboxylic acid groups (broad SMARTS) is 1. The van der Waals surface area contributed by atoms with Crippen molar-refractivity contribution in [2.75, 3.05) is 6.54 Å². The molecule has 1 aliphatic rings. The quantitative estimate of drug-likeness (QED) is 0.772. The topological polar surface area (TPSA) is 83.6 Å². The molecular formula is C12H22N2O3. The minimum absolute atomic E-state index is 0.165. The molecule has 0 aromatic carbocycles. The molecule has 0 aromatic heterocycles. The Labute approximate surface area is 102 Å². The second kappa shape index (κ2) is 4.64. The van der Waals surface area contributed by atoms with Gasteiger partial charge in [0.2, 0.25) is 5.91 Å². The molecule has 0 radical (unpaired) electrons. The number of hydrogen-bond donors (Lipinski definition) is 2. The van der Waals surface area contributed by atoms with Crippen molar-refractivity contribution in [1.82, 2.24) is 4.90 Å². The van der Waals surface area contributed by atoms with Gasteiger partial charge in [0, 0.05) is 18.5 Å². The van der Waals surface area contributed by atoms with Crippen LogP contribution in [0.4, 0.5) is 0 Å². The summed E-state index contributed by atoms with van der Waals surface area (Å²) in [6.07, 6.45) is 2.40. The lowest BCUT2D eigenvalue weighted by Gasteiger charge is -2.42. The molecule has 3 N–H and O–H groups in total. The van der Waals surface area contributed by atoms with Crippen LogP contribution in [-0.4, -0.2) is 39.5 Å². The van der Waals surface area contributed by atoms with E-state index in [1.165, 1.54) is 4.90 Å². The van der Waals surface area contributed by atoms with Crippen LogP contribution >= 0.6 is 0 Å². The summed E-state index contributed by atoms with van der Waals surface area (Å²) in [6.45, 7) is 5.67. The highest BCUT2D eigenvalue weighted by Crippen LogP contribution is 2.29. The summed E-state index contributed by atoms with van der Waals surface area (Å²) in [5.74, 6) is -1.09. The Morgan fingerprint density at radius 2 is 2.00 bits per heavy atom. The van der Waals surface area contributed by atoms with Gasteiger partial charge in [-0.15, -0.1) is 0 Å². The number of hydrogen-bond acceptors (Lipinski definition) is 3. The molecule has 0 bridgehead atoms. The summed E-state index contributed by atoms with van der Waals surface area (Å²) in [6, 6.07) is 0. The fourth-order valence-electron chi connectivity index (χ4n) is 2.23. The summed E-state index contributed by atoms with van der Waals surface area (Å²) in [5.41, 5.74) is 4.14. The lowest BCUT2D eigenvalue weighted by Crippen LogP contribution is -2.58. The second-order valence-corrected chi connectivity index (χ2v) is 5.75. The molecule has 1 aliphatic heterocycles. The van der Waals surface area contributed by atoms with Gasteiger partial charge in [-0.05, 0) is 40.0 Å². The Morgan fingerprint density at radius 1 is 1.41 bits per heavy atom. The Morgan fingerprint density at radius 3 is 2.47 bits per heavy atom. The van der Waals surface area contributed by atoms with Crippen LogP contribution in [0.1, 0.15) is 46.5 Å². The van der Waals surface area contributed by atoms with E-state index in [0.717, 1.165) is 12.8 Å². The molecule has 98 valence electrons. The van der Waals surface area contributed by atoms with E-state index < -0.39 is 17.0 Å². The van der Waals surface area contributed by atoms with Gasteiger partial charge in [0.25, 0.3) is 0 Å². The van der Waals surface area contributed by atoms with Crippen LogP contribution in [0.25, 0.3) is 0 Å². The molecule has 0 aromatic rings. The first-order valence-corrected chi connectivity index (χ1v) is 5.99. The van der Waals surface area contributed by atoms with Crippen molar-refractivity contribution in [2.45, 2.75) is 57.5 Å². The number of amides is 1. The van der Waals surface area contributed by atoms with Crippen molar-refractivity contribution in [3.63, 3.8) is 0 Å². The van der Waals surface area contributed by atoms with E-state index >= 15 is 0 Å². The van der Waals surface area contributed by atoms with Crippen LogP contribution in [0, 0.1) is 0 Å². The van der Waals surface area contributed by atoms with Gasteiger partial charge in [-0.25, -0.2) is 4.79 Å². The van der Waals surface area contributed by atoms with Crippen LogP contribution in [0.3, 0.4) is 0 Å². The number of nitrogens with zero attached hydrogens (tertiary/aromatic N) is 1. The minimum atomic E-state index is -1.07. The molecule has 5 nitrogen and oxygen atoms in total. The smallest absolute Gasteiger partial charge is 0.329 e. The number of nitrogens with two attached hydrogens (primary N) is 1. The Kier molecular flexibility index (Phi) is 3.81. The predicted molar refractivity (Wildman–Crippen MR) is 64.5 cm³/mol.